The van der Waals surface area contributed by atoms with Gasteiger partial charge in [0.1, 0.15) is 5.60 Å². The van der Waals surface area contributed by atoms with Gasteiger partial charge >= 0.3 is 6.09 Å². The van der Waals surface area contributed by atoms with E-state index in [9.17, 15) is 13.2 Å². The number of ether oxygens (including phenoxy) is 1. The number of likely N-dealkylation sites (tertiary alicyclic amines) is 1. The minimum absolute atomic E-state index is 0.194. The predicted molar refractivity (Wildman–Crippen MR) is 95.3 cm³/mol. The topological polar surface area (TPSA) is 75.7 Å². The standard InChI is InChI=1S/C16H23BrN2O4S/c1-16(2,3)23-15(20)19-10-8-12(9-11-19)18-24(21,22)14-7-5-4-6-13(14)17/h4-7,12,18H,8-11H2,1-3H3. The third kappa shape index (κ3) is 5.19. The van der Waals surface area contributed by atoms with E-state index in [0.717, 1.165) is 0 Å². The number of nitrogens with zero attached hydrogens (tertiary/aromatic N) is 1. The lowest BCUT2D eigenvalue weighted by molar-refractivity contribution is 0.0203. The lowest BCUT2D eigenvalue weighted by Gasteiger charge is -2.33. The molecule has 0 bridgehead atoms. The summed E-state index contributed by atoms with van der Waals surface area (Å²) in [6.45, 7) is 6.41. The molecule has 0 radical (unpaired) electrons. The number of hydrogen-bond acceptors (Lipinski definition) is 4. The smallest absolute Gasteiger partial charge is 0.410 e. The number of hydrogen-bond donors (Lipinski definition) is 1. The van der Waals surface area contributed by atoms with Gasteiger partial charge in [-0.2, -0.15) is 0 Å². The van der Waals surface area contributed by atoms with Crippen LogP contribution in [0.5, 0.6) is 0 Å². The fourth-order valence-electron chi connectivity index (χ4n) is 2.45. The fraction of sp³-hybridized carbons (Fsp3) is 0.562. The highest BCUT2D eigenvalue weighted by molar-refractivity contribution is 9.10. The summed E-state index contributed by atoms with van der Waals surface area (Å²) >= 11 is 3.26. The molecule has 0 saturated carbocycles. The Hall–Kier alpha value is -1.12. The van der Waals surface area contributed by atoms with Crippen molar-refractivity contribution in [2.24, 2.45) is 0 Å². The van der Waals surface area contributed by atoms with E-state index < -0.39 is 15.6 Å². The van der Waals surface area contributed by atoms with Crippen LogP contribution in [0.4, 0.5) is 4.79 Å². The summed E-state index contributed by atoms with van der Waals surface area (Å²) in [6.07, 6.45) is 0.765. The fourth-order valence-corrected chi connectivity index (χ4v) is 4.76. The molecule has 1 aliphatic heterocycles. The van der Waals surface area contributed by atoms with Crippen LogP contribution in [-0.2, 0) is 14.8 Å². The molecule has 1 amide bonds. The molecule has 1 saturated heterocycles. The van der Waals surface area contributed by atoms with Crippen molar-refractivity contribution in [1.29, 1.82) is 0 Å². The first kappa shape index (κ1) is 19.2. The molecule has 0 atom stereocenters. The molecule has 134 valence electrons. The number of piperidine rings is 1. The van der Waals surface area contributed by atoms with Crippen molar-refractivity contribution < 1.29 is 17.9 Å². The van der Waals surface area contributed by atoms with Gasteiger partial charge in [-0.1, -0.05) is 12.1 Å². The quantitative estimate of drug-likeness (QED) is 0.817. The van der Waals surface area contributed by atoms with E-state index in [1.54, 1.807) is 29.2 Å². The molecule has 0 unspecified atom stereocenters. The molecule has 1 aliphatic rings. The maximum atomic E-state index is 12.5. The van der Waals surface area contributed by atoms with Gasteiger partial charge in [0.2, 0.25) is 10.0 Å². The minimum Gasteiger partial charge on any atom is -0.444 e. The second-order valence-corrected chi connectivity index (χ2v) is 9.33. The molecule has 0 spiro atoms. The van der Waals surface area contributed by atoms with E-state index in [1.165, 1.54) is 0 Å². The van der Waals surface area contributed by atoms with E-state index in [-0.39, 0.29) is 17.0 Å². The Labute approximate surface area is 151 Å². The first-order chi connectivity index (χ1) is 11.1. The molecule has 1 aromatic rings. The highest BCUT2D eigenvalue weighted by Crippen LogP contribution is 2.23. The van der Waals surface area contributed by atoms with Gasteiger partial charge in [-0.25, -0.2) is 17.9 Å². The van der Waals surface area contributed by atoms with Gasteiger partial charge in [-0.05, 0) is 61.7 Å². The maximum Gasteiger partial charge on any atom is 0.410 e. The van der Waals surface area contributed by atoms with E-state index in [4.69, 9.17) is 4.74 Å². The average Bonchev–Trinajstić information content (AvgIpc) is 2.46. The molecule has 1 heterocycles. The van der Waals surface area contributed by atoms with Crippen molar-refractivity contribution in [3.63, 3.8) is 0 Å². The zero-order valence-corrected chi connectivity index (χ0v) is 16.5. The Morgan fingerprint density at radius 2 is 1.83 bits per heavy atom. The highest BCUT2D eigenvalue weighted by atomic mass is 79.9. The molecule has 6 nitrogen and oxygen atoms in total. The molecule has 0 aliphatic carbocycles. The van der Waals surface area contributed by atoms with Gasteiger partial charge < -0.3 is 9.64 Å². The van der Waals surface area contributed by atoms with E-state index in [1.807, 2.05) is 20.8 Å². The lowest BCUT2D eigenvalue weighted by atomic mass is 10.1. The Morgan fingerprint density at radius 1 is 1.25 bits per heavy atom. The number of carbonyl (C=O) groups is 1. The van der Waals surface area contributed by atoms with Gasteiger partial charge in [0.05, 0.1) is 4.90 Å². The number of halogens is 1. The third-order valence-electron chi connectivity index (χ3n) is 3.59. The summed E-state index contributed by atoms with van der Waals surface area (Å²) in [7, 11) is -3.59. The van der Waals surface area contributed by atoms with E-state index in [2.05, 4.69) is 20.7 Å². The largest absolute Gasteiger partial charge is 0.444 e. The van der Waals surface area contributed by atoms with Gasteiger partial charge in [-0.3, -0.25) is 0 Å². The summed E-state index contributed by atoms with van der Waals surface area (Å²) in [5.74, 6) is 0. The Balaban J connectivity index is 1.94. The van der Waals surface area contributed by atoms with Crippen LogP contribution in [0.3, 0.4) is 0 Å². The molecule has 24 heavy (non-hydrogen) atoms. The van der Waals surface area contributed by atoms with Crippen LogP contribution in [0.25, 0.3) is 0 Å². The van der Waals surface area contributed by atoms with Crippen LogP contribution >= 0.6 is 15.9 Å². The zero-order valence-electron chi connectivity index (χ0n) is 14.1. The summed E-state index contributed by atoms with van der Waals surface area (Å²) in [6, 6.07) is 6.51. The highest BCUT2D eigenvalue weighted by Gasteiger charge is 2.29. The number of rotatable bonds is 3. The van der Waals surface area contributed by atoms with E-state index >= 15 is 0 Å². The summed E-state index contributed by atoms with van der Waals surface area (Å²) in [5, 5.41) is 0. The second kappa shape index (κ2) is 7.41. The number of sulfonamides is 1. The monoisotopic (exact) mass is 418 g/mol. The molecule has 0 aromatic heterocycles. The first-order valence-corrected chi connectivity index (χ1v) is 10.1. The van der Waals surface area contributed by atoms with Crippen molar-refractivity contribution >= 4 is 32.0 Å². The van der Waals surface area contributed by atoms with Crippen LogP contribution in [0.15, 0.2) is 33.6 Å². The van der Waals surface area contributed by atoms with Crippen LogP contribution in [-0.4, -0.2) is 44.1 Å². The van der Waals surface area contributed by atoms with Gasteiger partial charge in [0.15, 0.2) is 0 Å². The molecular formula is C16H23BrN2O4S. The summed E-state index contributed by atoms with van der Waals surface area (Å²) in [5.41, 5.74) is -0.533. The Morgan fingerprint density at radius 3 is 2.38 bits per heavy atom. The zero-order chi connectivity index (χ0) is 18.0. The minimum atomic E-state index is -3.59. The van der Waals surface area contributed by atoms with Crippen molar-refractivity contribution in [3.8, 4) is 0 Å². The summed E-state index contributed by atoms with van der Waals surface area (Å²) in [4.78, 5) is 13.9. The number of benzene rings is 1. The molecule has 1 fully saturated rings. The summed E-state index contributed by atoms with van der Waals surface area (Å²) < 4.78 is 33.6. The van der Waals surface area contributed by atoms with Gasteiger partial charge in [0, 0.05) is 23.6 Å². The van der Waals surface area contributed by atoms with Crippen molar-refractivity contribution in [2.45, 2.75) is 50.2 Å². The number of nitrogens with one attached hydrogen (secondary N) is 1. The molecule has 1 N–H and O–H groups in total. The van der Waals surface area contributed by atoms with Gasteiger partial charge in [-0.15, -0.1) is 0 Å². The first-order valence-electron chi connectivity index (χ1n) is 7.83. The lowest BCUT2D eigenvalue weighted by Crippen LogP contribution is -2.47. The Kier molecular flexibility index (Phi) is 5.93. The molecule has 2 rings (SSSR count). The van der Waals surface area contributed by atoms with Crippen LogP contribution in [0.1, 0.15) is 33.6 Å². The molecule has 1 aromatic carbocycles. The number of amides is 1. The van der Waals surface area contributed by atoms with E-state index in [0.29, 0.717) is 30.4 Å². The average molecular weight is 419 g/mol. The van der Waals surface area contributed by atoms with Crippen LogP contribution in [0.2, 0.25) is 0 Å². The normalized spacial score (nSPS) is 16.9. The predicted octanol–water partition coefficient (Wildman–Crippen LogP) is 3.13. The van der Waals surface area contributed by atoms with Crippen LogP contribution in [0, 0.1) is 0 Å². The van der Waals surface area contributed by atoms with Crippen molar-refractivity contribution in [2.75, 3.05) is 13.1 Å². The van der Waals surface area contributed by atoms with Crippen molar-refractivity contribution in [1.82, 2.24) is 9.62 Å². The second-order valence-electron chi connectivity index (χ2n) is 6.79. The maximum absolute atomic E-state index is 12.5. The van der Waals surface area contributed by atoms with Crippen LogP contribution < -0.4 is 4.72 Å². The molecule has 8 heteroatoms. The number of carbonyl (C=O) groups excluding carboxylic acids is 1. The van der Waals surface area contributed by atoms with Gasteiger partial charge in [0.25, 0.3) is 0 Å². The Bertz CT molecular complexity index is 692. The third-order valence-corrected chi connectivity index (χ3v) is 6.13. The van der Waals surface area contributed by atoms with Crippen molar-refractivity contribution in [3.05, 3.63) is 28.7 Å². The SMILES string of the molecule is CC(C)(C)OC(=O)N1CCC(NS(=O)(=O)c2ccccc2Br)CC1. The molecular weight excluding hydrogens is 396 g/mol.